The van der Waals surface area contributed by atoms with Gasteiger partial charge in [0.1, 0.15) is 23.9 Å². The van der Waals surface area contributed by atoms with Crippen LogP contribution in [0.2, 0.25) is 25.7 Å². The second kappa shape index (κ2) is 11.6. The zero-order chi connectivity index (χ0) is 31.0. The molecule has 0 aliphatic heterocycles. The van der Waals surface area contributed by atoms with Crippen LogP contribution in [0, 0.1) is 18.3 Å². The molecular weight excluding hydrogens is 548 g/mol. The number of carbonyl (C=O) groups excluding carboxylic acids is 1. The van der Waals surface area contributed by atoms with Gasteiger partial charge in [0.2, 0.25) is 0 Å². The number of methoxy groups -OCH3 is 2. The van der Waals surface area contributed by atoms with E-state index in [2.05, 4.69) is 25.7 Å². The first-order valence-corrected chi connectivity index (χ1v) is 17.8. The number of rotatable bonds is 9. The standard InChI is InChI=1S/C32H42N4O5Si/c1-21-17-26(38-6)27(23-13-14-35(28(21)23)30(37)41-31(2,3)4)32(5,39-7)29-34-24-12-11-22(19-33)18-25(24)36(29)20-40-15-16-42(8,9)10/h11-14,17-18H,15-16,20H2,1-10H3. The first-order valence-electron chi connectivity index (χ1n) is 14.1. The Kier molecular flexibility index (Phi) is 8.61. The predicted molar refractivity (Wildman–Crippen MR) is 167 cm³/mol. The summed E-state index contributed by atoms with van der Waals surface area (Å²) >= 11 is 0. The highest BCUT2D eigenvalue weighted by Gasteiger charge is 2.40. The van der Waals surface area contributed by atoms with Gasteiger partial charge in [0.15, 0.2) is 5.60 Å². The summed E-state index contributed by atoms with van der Waals surface area (Å²) in [5.41, 5.74) is 2.50. The molecule has 0 bridgehead atoms. The minimum absolute atomic E-state index is 0.236. The Bertz CT molecular complexity index is 1670. The summed E-state index contributed by atoms with van der Waals surface area (Å²) in [6.45, 7) is 17.2. The summed E-state index contributed by atoms with van der Waals surface area (Å²) in [6.07, 6.45) is 1.25. The highest BCUT2D eigenvalue weighted by molar-refractivity contribution is 6.76. The van der Waals surface area contributed by atoms with Crippen molar-refractivity contribution >= 4 is 36.1 Å². The van der Waals surface area contributed by atoms with E-state index in [4.69, 9.17) is 23.9 Å². The van der Waals surface area contributed by atoms with Gasteiger partial charge in [-0.05, 0) is 76.6 Å². The van der Waals surface area contributed by atoms with Crippen molar-refractivity contribution in [3.8, 4) is 11.8 Å². The summed E-state index contributed by atoms with van der Waals surface area (Å²) in [6, 6.07) is 12.5. The number of fused-ring (bicyclic) bond motifs is 2. The maximum absolute atomic E-state index is 13.2. The topological polar surface area (TPSA) is 101 Å². The van der Waals surface area contributed by atoms with Gasteiger partial charge >= 0.3 is 6.09 Å². The van der Waals surface area contributed by atoms with Crippen molar-refractivity contribution in [1.29, 1.82) is 5.26 Å². The van der Waals surface area contributed by atoms with Crippen LogP contribution in [0.5, 0.6) is 5.75 Å². The van der Waals surface area contributed by atoms with Crippen molar-refractivity contribution in [1.82, 2.24) is 14.1 Å². The molecule has 2 aromatic heterocycles. The van der Waals surface area contributed by atoms with Crippen molar-refractivity contribution in [3.63, 3.8) is 0 Å². The van der Waals surface area contributed by atoms with Crippen LogP contribution < -0.4 is 4.74 Å². The number of carbonyl (C=O) groups is 1. The van der Waals surface area contributed by atoms with Crippen LogP contribution in [0.3, 0.4) is 0 Å². The van der Waals surface area contributed by atoms with Gasteiger partial charge in [-0.1, -0.05) is 19.6 Å². The molecule has 2 aromatic carbocycles. The Labute approximate surface area is 249 Å². The van der Waals surface area contributed by atoms with E-state index in [-0.39, 0.29) is 6.73 Å². The predicted octanol–water partition coefficient (Wildman–Crippen LogP) is 7.19. The number of hydrogen-bond donors (Lipinski definition) is 0. The van der Waals surface area contributed by atoms with E-state index >= 15 is 0 Å². The van der Waals surface area contributed by atoms with E-state index in [9.17, 15) is 10.1 Å². The number of nitrogens with zero attached hydrogens (tertiary/aromatic N) is 4. The molecule has 0 radical (unpaired) electrons. The van der Waals surface area contributed by atoms with Crippen LogP contribution in [0.1, 0.15) is 50.2 Å². The molecule has 1 unspecified atom stereocenters. The summed E-state index contributed by atoms with van der Waals surface area (Å²) in [7, 11) is 1.95. The van der Waals surface area contributed by atoms with Gasteiger partial charge in [0.25, 0.3) is 0 Å². The van der Waals surface area contributed by atoms with Gasteiger partial charge in [0.05, 0.1) is 35.3 Å². The number of hydrogen-bond acceptors (Lipinski definition) is 7. The molecular formula is C32H42N4O5Si. The third-order valence-corrected chi connectivity index (χ3v) is 9.04. The van der Waals surface area contributed by atoms with Gasteiger partial charge in [0, 0.05) is 38.9 Å². The van der Waals surface area contributed by atoms with Crippen molar-refractivity contribution in [2.45, 2.75) is 78.2 Å². The zero-order valence-corrected chi connectivity index (χ0v) is 27.4. The molecule has 10 heteroatoms. The Balaban J connectivity index is 1.95. The molecule has 0 fully saturated rings. The fraction of sp³-hybridized carbons (Fsp3) is 0.469. The monoisotopic (exact) mass is 590 g/mol. The van der Waals surface area contributed by atoms with Crippen molar-refractivity contribution in [2.75, 3.05) is 20.8 Å². The van der Waals surface area contributed by atoms with Gasteiger partial charge in [-0.2, -0.15) is 5.26 Å². The lowest BCUT2D eigenvalue weighted by Crippen LogP contribution is -2.32. The normalized spacial score (nSPS) is 13.7. The molecule has 224 valence electrons. The maximum Gasteiger partial charge on any atom is 0.419 e. The van der Waals surface area contributed by atoms with Crippen LogP contribution in [0.15, 0.2) is 36.5 Å². The minimum Gasteiger partial charge on any atom is -0.496 e. The average Bonchev–Trinajstić information content (AvgIpc) is 3.51. The molecule has 0 amide bonds. The van der Waals surface area contributed by atoms with E-state index < -0.39 is 25.4 Å². The van der Waals surface area contributed by atoms with Crippen molar-refractivity contribution in [3.05, 3.63) is 59.0 Å². The Morgan fingerprint density at radius 2 is 1.81 bits per heavy atom. The molecule has 0 N–H and O–H groups in total. The van der Waals surface area contributed by atoms with E-state index in [1.165, 1.54) is 4.57 Å². The van der Waals surface area contributed by atoms with E-state index in [1.54, 1.807) is 26.5 Å². The molecule has 9 nitrogen and oxygen atoms in total. The third-order valence-electron chi connectivity index (χ3n) is 7.34. The van der Waals surface area contributed by atoms with Crippen LogP contribution in [0.4, 0.5) is 4.79 Å². The van der Waals surface area contributed by atoms with Crippen LogP contribution in [0.25, 0.3) is 21.9 Å². The molecule has 0 aliphatic carbocycles. The fourth-order valence-electron chi connectivity index (χ4n) is 5.15. The van der Waals surface area contributed by atoms with Gasteiger partial charge < -0.3 is 23.5 Å². The van der Waals surface area contributed by atoms with Crippen LogP contribution in [-0.2, 0) is 26.5 Å². The van der Waals surface area contributed by atoms with Crippen molar-refractivity contribution < 1.29 is 23.7 Å². The fourth-order valence-corrected chi connectivity index (χ4v) is 5.91. The highest BCUT2D eigenvalue weighted by Crippen LogP contribution is 2.44. The molecule has 42 heavy (non-hydrogen) atoms. The summed E-state index contributed by atoms with van der Waals surface area (Å²) in [5.74, 6) is 1.19. The molecule has 0 spiro atoms. The van der Waals surface area contributed by atoms with E-state index in [1.807, 2.05) is 63.5 Å². The average molecular weight is 591 g/mol. The molecule has 4 aromatic rings. The van der Waals surface area contributed by atoms with Gasteiger partial charge in [-0.25, -0.2) is 9.78 Å². The summed E-state index contributed by atoms with van der Waals surface area (Å²) < 4.78 is 27.7. The molecule has 0 saturated heterocycles. The Morgan fingerprint density at radius 3 is 2.40 bits per heavy atom. The molecule has 0 aliphatic rings. The van der Waals surface area contributed by atoms with Crippen LogP contribution >= 0.6 is 0 Å². The molecule has 2 heterocycles. The van der Waals surface area contributed by atoms with Crippen molar-refractivity contribution in [2.24, 2.45) is 0 Å². The van der Waals surface area contributed by atoms with E-state index in [0.29, 0.717) is 29.3 Å². The highest BCUT2D eigenvalue weighted by atomic mass is 28.3. The number of imidazole rings is 1. The SMILES string of the molecule is COc1cc(C)c2c(ccn2C(=O)OC(C)(C)C)c1C(C)(OC)c1nc2ccc(C#N)cc2n1COCC[Si](C)(C)C. The quantitative estimate of drug-likeness (QED) is 0.150. The number of ether oxygens (including phenoxy) is 4. The van der Waals surface area contributed by atoms with E-state index in [0.717, 1.165) is 33.6 Å². The van der Waals surface area contributed by atoms with Crippen LogP contribution in [-0.4, -0.2) is 54.7 Å². The second-order valence-corrected chi connectivity index (χ2v) is 18.6. The van der Waals surface area contributed by atoms with Gasteiger partial charge in [-0.3, -0.25) is 4.57 Å². The largest absolute Gasteiger partial charge is 0.496 e. The molecule has 4 rings (SSSR count). The number of benzene rings is 2. The first-order chi connectivity index (χ1) is 19.6. The zero-order valence-electron chi connectivity index (χ0n) is 26.4. The maximum atomic E-state index is 13.2. The smallest absolute Gasteiger partial charge is 0.419 e. The lowest BCUT2D eigenvalue weighted by Gasteiger charge is -2.31. The minimum atomic E-state index is -1.30. The first kappa shape index (κ1) is 31.3. The lowest BCUT2D eigenvalue weighted by atomic mass is 9.89. The molecule has 0 saturated carbocycles. The Hall–Kier alpha value is -3.65. The second-order valence-electron chi connectivity index (χ2n) is 13.0. The third kappa shape index (κ3) is 6.09. The van der Waals surface area contributed by atoms with Gasteiger partial charge in [-0.15, -0.1) is 0 Å². The summed E-state index contributed by atoms with van der Waals surface area (Å²) in [4.78, 5) is 18.2. The lowest BCUT2D eigenvalue weighted by molar-refractivity contribution is 0.0172. The number of aryl methyl sites for hydroxylation is 1. The Morgan fingerprint density at radius 1 is 1.10 bits per heavy atom. The summed E-state index contributed by atoms with van der Waals surface area (Å²) in [5, 5.41) is 10.4. The number of aromatic nitrogens is 3. The molecule has 1 atom stereocenters. The number of nitriles is 1.